The SMILES string of the molecule is COC(=O)Cc1cccc2c1cnn2C. The molecule has 0 aliphatic carbocycles. The topological polar surface area (TPSA) is 44.1 Å². The Bertz CT molecular complexity index is 502. The van der Waals surface area contributed by atoms with E-state index >= 15 is 0 Å². The molecule has 0 N–H and O–H groups in total. The fourth-order valence-corrected chi connectivity index (χ4v) is 1.62. The Kier molecular flexibility index (Phi) is 2.41. The van der Waals surface area contributed by atoms with Crippen molar-refractivity contribution in [3.05, 3.63) is 30.0 Å². The molecule has 1 heterocycles. The lowest BCUT2D eigenvalue weighted by Crippen LogP contribution is -2.04. The number of rotatable bonds is 2. The van der Waals surface area contributed by atoms with Crippen molar-refractivity contribution in [3.8, 4) is 0 Å². The quantitative estimate of drug-likeness (QED) is 0.692. The maximum atomic E-state index is 11.2. The first-order valence-electron chi connectivity index (χ1n) is 4.69. The summed E-state index contributed by atoms with van der Waals surface area (Å²) < 4.78 is 6.43. The second-order valence-electron chi connectivity index (χ2n) is 3.37. The van der Waals surface area contributed by atoms with Gasteiger partial charge in [-0.05, 0) is 11.6 Å². The highest BCUT2D eigenvalue weighted by Crippen LogP contribution is 2.18. The fraction of sp³-hybridized carbons (Fsp3) is 0.273. The standard InChI is InChI=1S/C11H12N2O2/c1-13-10-5-3-4-8(6-11(14)15-2)9(10)7-12-13/h3-5,7H,6H2,1-2H3. The van der Waals surface area contributed by atoms with Crippen molar-refractivity contribution < 1.29 is 9.53 Å². The molecule has 0 atom stereocenters. The van der Waals surface area contributed by atoms with E-state index in [0.717, 1.165) is 16.5 Å². The van der Waals surface area contributed by atoms with Crippen LogP contribution in [0, 0.1) is 0 Å². The smallest absolute Gasteiger partial charge is 0.310 e. The summed E-state index contributed by atoms with van der Waals surface area (Å²) in [5.41, 5.74) is 1.98. The molecule has 0 fully saturated rings. The molecule has 0 aliphatic rings. The number of hydrogen-bond donors (Lipinski definition) is 0. The van der Waals surface area contributed by atoms with Crippen LogP contribution in [0.4, 0.5) is 0 Å². The highest BCUT2D eigenvalue weighted by molar-refractivity contribution is 5.86. The van der Waals surface area contributed by atoms with E-state index in [0.29, 0.717) is 6.42 Å². The Hall–Kier alpha value is -1.84. The van der Waals surface area contributed by atoms with E-state index in [9.17, 15) is 4.79 Å². The Labute approximate surface area is 87.5 Å². The van der Waals surface area contributed by atoms with E-state index in [1.165, 1.54) is 7.11 Å². The van der Waals surface area contributed by atoms with Gasteiger partial charge < -0.3 is 4.74 Å². The van der Waals surface area contributed by atoms with Gasteiger partial charge in [-0.1, -0.05) is 12.1 Å². The summed E-state index contributed by atoms with van der Waals surface area (Å²) in [5, 5.41) is 5.16. The third-order valence-corrected chi connectivity index (χ3v) is 2.44. The average molecular weight is 204 g/mol. The minimum Gasteiger partial charge on any atom is -0.469 e. The molecular formula is C11H12N2O2. The Balaban J connectivity index is 2.47. The molecule has 1 aromatic heterocycles. The zero-order valence-electron chi connectivity index (χ0n) is 8.73. The van der Waals surface area contributed by atoms with Gasteiger partial charge in [-0.15, -0.1) is 0 Å². The van der Waals surface area contributed by atoms with Crippen molar-refractivity contribution in [1.82, 2.24) is 9.78 Å². The number of methoxy groups -OCH3 is 1. The first-order chi connectivity index (χ1) is 7.22. The number of hydrogen-bond acceptors (Lipinski definition) is 3. The van der Waals surface area contributed by atoms with Crippen LogP contribution in [0.3, 0.4) is 0 Å². The van der Waals surface area contributed by atoms with Crippen molar-refractivity contribution in [3.63, 3.8) is 0 Å². The van der Waals surface area contributed by atoms with Gasteiger partial charge in [-0.2, -0.15) is 5.10 Å². The molecule has 0 bridgehead atoms. The van der Waals surface area contributed by atoms with Crippen LogP contribution in [0.25, 0.3) is 10.9 Å². The van der Waals surface area contributed by atoms with Gasteiger partial charge in [0.25, 0.3) is 0 Å². The summed E-state index contributed by atoms with van der Waals surface area (Å²) in [4.78, 5) is 11.2. The summed E-state index contributed by atoms with van der Waals surface area (Å²) in [6.45, 7) is 0. The van der Waals surface area contributed by atoms with Crippen molar-refractivity contribution in [2.24, 2.45) is 7.05 Å². The molecule has 0 spiro atoms. The van der Waals surface area contributed by atoms with Crippen LogP contribution >= 0.6 is 0 Å². The number of carbonyl (C=O) groups is 1. The molecule has 0 unspecified atom stereocenters. The fourth-order valence-electron chi connectivity index (χ4n) is 1.62. The maximum absolute atomic E-state index is 11.2. The van der Waals surface area contributed by atoms with E-state index in [2.05, 4.69) is 9.84 Å². The number of nitrogens with zero attached hydrogens (tertiary/aromatic N) is 2. The van der Waals surface area contributed by atoms with Gasteiger partial charge in [0.2, 0.25) is 0 Å². The lowest BCUT2D eigenvalue weighted by Gasteiger charge is -2.01. The zero-order valence-corrected chi connectivity index (χ0v) is 8.73. The minimum atomic E-state index is -0.230. The van der Waals surface area contributed by atoms with Crippen LogP contribution < -0.4 is 0 Å². The molecule has 4 nitrogen and oxygen atoms in total. The molecule has 15 heavy (non-hydrogen) atoms. The van der Waals surface area contributed by atoms with E-state index in [-0.39, 0.29) is 5.97 Å². The molecule has 2 rings (SSSR count). The summed E-state index contributed by atoms with van der Waals surface area (Å²) >= 11 is 0. The van der Waals surface area contributed by atoms with E-state index in [1.54, 1.807) is 10.9 Å². The molecular weight excluding hydrogens is 192 g/mol. The summed E-state index contributed by atoms with van der Waals surface area (Å²) in [7, 11) is 3.27. The van der Waals surface area contributed by atoms with Gasteiger partial charge in [0, 0.05) is 12.4 Å². The molecule has 0 amide bonds. The number of fused-ring (bicyclic) bond motifs is 1. The van der Waals surface area contributed by atoms with Crippen LogP contribution in [-0.4, -0.2) is 22.9 Å². The van der Waals surface area contributed by atoms with Crippen LogP contribution in [0.1, 0.15) is 5.56 Å². The number of carbonyl (C=O) groups excluding carboxylic acids is 1. The predicted molar refractivity (Wildman–Crippen MR) is 56.4 cm³/mol. The van der Waals surface area contributed by atoms with E-state index in [4.69, 9.17) is 0 Å². The van der Waals surface area contributed by atoms with Gasteiger partial charge in [-0.3, -0.25) is 9.48 Å². The highest BCUT2D eigenvalue weighted by atomic mass is 16.5. The second-order valence-corrected chi connectivity index (χ2v) is 3.37. The lowest BCUT2D eigenvalue weighted by molar-refractivity contribution is -0.139. The van der Waals surface area contributed by atoms with Crippen molar-refractivity contribution in [1.29, 1.82) is 0 Å². The summed E-state index contributed by atoms with van der Waals surface area (Å²) in [6.07, 6.45) is 2.06. The van der Waals surface area contributed by atoms with E-state index < -0.39 is 0 Å². The number of esters is 1. The minimum absolute atomic E-state index is 0.230. The highest BCUT2D eigenvalue weighted by Gasteiger charge is 2.08. The third kappa shape index (κ3) is 1.70. The van der Waals surface area contributed by atoms with Crippen LogP contribution in [0.2, 0.25) is 0 Å². The Morgan fingerprint density at radius 2 is 2.33 bits per heavy atom. The molecule has 4 heteroatoms. The Morgan fingerprint density at radius 3 is 3.07 bits per heavy atom. The first kappa shape index (κ1) is 9.71. The van der Waals surface area contributed by atoms with Crippen molar-refractivity contribution >= 4 is 16.9 Å². The summed E-state index contributed by atoms with van der Waals surface area (Å²) in [5.74, 6) is -0.230. The zero-order chi connectivity index (χ0) is 10.8. The van der Waals surface area contributed by atoms with E-state index in [1.807, 2.05) is 25.2 Å². The first-order valence-corrected chi connectivity index (χ1v) is 4.69. The van der Waals surface area contributed by atoms with Gasteiger partial charge >= 0.3 is 5.97 Å². The van der Waals surface area contributed by atoms with Crippen LogP contribution in [0.15, 0.2) is 24.4 Å². The third-order valence-electron chi connectivity index (χ3n) is 2.44. The number of aromatic nitrogens is 2. The average Bonchev–Trinajstić information content (AvgIpc) is 2.62. The predicted octanol–water partition coefficient (Wildman–Crippen LogP) is 1.29. The van der Waals surface area contributed by atoms with Crippen LogP contribution in [-0.2, 0) is 23.0 Å². The molecule has 1 aromatic carbocycles. The van der Waals surface area contributed by atoms with Crippen LogP contribution in [0.5, 0.6) is 0 Å². The number of benzene rings is 1. The van der Waals surface area contributed by atoms with Gasteiger partial charge in [-0.25, -0.2) is 0 Å². The normalized spacial score (nSPS) is 10.5. The molecule has 0 radical (unpaired) electrons. The summed E-state index contributed by atoms with van der Waals surface area (Å²) in [6, 6.07) is 5.81. The number of aryl methyl sites for hydroxylation is 1. The number of ether oxygens (including phenoxy) is 1. The van der Waals surface area contributed by atoms with Gasteiger partial charge in [0.05, 0.1) is 25.2 Å². The maximum Gasteiger partial charge on any atom is 0.310 e. The molecule has 0 saturated carbocycles. The van der Waals surface area contributed by atoms with Gasteiger partial charge in [0.15, 0.2) is 0 Å². The molecule has 78 valence electrons. The monoisotopic (exact) mass is 204 g/mol. The largest absolute Gasteiger partial charge is 0.469 e. The van der Waals surface area contributed by atoms with Crippen molar-refractivity contribution in [2.75, 3.05) is 7.11 Å². The Morgan fingerprint density at radius 1 is 1.53 bits per heavy atom. The molecule has 0 aliphatic heterocycles. The molecule has 0 saturated heterocycles. The second kappa shape index (κ2) is 3.73. The van der Waals surface area contributed by atoms with Gasteiger partial charge in [0.1, 0.15) is 0 Å². The molecule has 2 aromatic rings. The van der Waals surface area contributed by atoms with Crippen molar-refractivity contribution in [2.45, 2.75) is 6.42 Å². The lowest BCUT2D eigenvalue weighted by atomic mass is 10.1.